The van der Waals surface area contributed by atoms with Gasteiger partial charge in [0.15, 0.2) is 5.11 Å². The highest BCUT2D eigenvalue weighted by atomic mass is 32.1. The molecule has 0 bridgehead atoms. The molecule has 0 aliphatic heterocycles. The van der Waals surface area contributed by atoms with Crippen LogP contribution in [0.2, 0.25) is 0 Å². The number of rotatable bonds is 7. The van der Waals surface area contributed by atoms with Crippen LogP contribution >= 0.6 is 12.2 Å². The molecule has 0 spiro atoms. The molecule has 1 atom stereocenters. The zero-order valence-electron chi connectivity index (χ0n) is 12.0. The molecule has 0 aromatic heterocycles. The van der Waals surface area contributed by atoms with Crippen LogP contribution in [0.15, 0.2) is 24.3 Å². The van der Waals surface area contributed by atoms with Gasteiger partial charge in [-0.1, -0.05) is 29.8 Å². The standard InChI is InChI=1S/C15H24N2OS/c1-4-18-11-5-10-16-15(19)17-13(3)14-8-6-12(2)7-9-14/h6-9,13H,4-5,10-11H2,1-3H3,(H2,16,17,19). The second-order valence-electron chi connectivity index (χ2n) is 4.58. The summed E-state index contributed by atoms with van der Waals surface area (Å²) < 4.78 is 5.27. The Morgan fingerprint density at radius 2 is 2.00 bits per heavy atom. The number of thiocarbonyl (C=S) groups is 1. The van der Waals surface area contributed by atoms with Gasteiger partial charge in [0.05, 0.1) is 6.04 Å². The summed E-state index contributed by atoms with van der Waals surface area (Å²) in [5, 5.41) is 7.18. The number of nitrogens with one attached hydrogen (secondary N) is 2. The van der Waals surface area contributed by atoms with E-state index in [1.807, 2.05) is 6.92 Å². The van der Waals surface area contributed by atoms with Crippen molar-refractivity contribution in [1.82, 2.24) is 10.6 Å². The van der Waals surface area contributed by atoms with Crippen molar-refractivity contribution in [3.05, 3.63) is 35.4 Å². The van der Waals surface area contributed by atoms with Crippen LogP contribution < -0.4 is 10.6 Å². The minimum atomic E-state index is 0.215. The fraction of sp³-hybridized carbons (Fsp3) is 0.533. The quantitative estimate of drug-likeness (QED) is 0.594. The molecule has 0 saturated carbocycles. The van der Waals surface area contributed by atoms with Crippen LogP contribution in [0.1, 0.15) is 37.4 Å². The summed E-state index contributed by atoms with van der Waals surface area (Å²) in [7, 11) is 0. The molecule has 1 rings (SSSR count). The molecular formula is C15H24N2OS. The van der Waals surface area contributed by atoms with Crippen LogP contribution in [0.3, 0.4) is 0 Å². The fourth-order valence-corrected chi connectivity index (χ4v) is 1.99. The monoisotopic (exact) mass is 280 g/mol. The minimum absolute atomic E-state index is 0.215. The minimum Gasteiger partial charge on any atom is -0.382 e. The van der Waals surface area contributed by atoms with Crippen LogP contribution in [0.5, 0.6) is 0 Å². The summed E-state index contributed by atoms with van der Waals surface area (Å²) in [6, 6.07) is 8.71. The lowest BCUT2D eigenvalue weighted by molar-refractivity contribution is 0.145. The smallest absolute Gasteiger partial charge is 0.166 e. The second-order valence-corrected chi connectivity index (χ2v) is 4.99. The van der Waals surface area contributed by atoms with E-state index in [1.54, 1.807) is 0 Å². The van der Waals surface area contributed by atoms with Crippen molar-refractivity contribution in [2.75, 3.05) is 19.8 Å². The molecule has 0 amide bonds. The summed E-state index contributed by atoms with van der Waals surface area (Å²) in [4.78, 5) is 0. The zero-order chi connectivity index (χ0) is 14.1. The van der Waals surface area contributed by atoms with E-state index in [1.165, 1.54) is 11.1 Å². The van der Waals surface area contributed by atoms with Gasteiger partial charge in [-0.15, -0.1) is 0 Å². The molecule has 1 aromatic rings. The van der Waals surface area contributed by atoms with Gasteiger partial charge in [-0.3, -0.25) is 0 Å². The van der Waals surface area contributed by atoms with Crippen molar-refractivity contribution < 1.29 is 4.74 Å². The van der Waals surface area contributed by atoms with E-state index in [-0.39, 0.29) is 6.04 Å². The predicted octanol–water partition coefficient (Wildman–Crippen LogP) is 2.95. The third-order valence-corrected chi connectivity index (χ3v) is 3.14. The lowest BCUT2D eigenvalue weighted by Crippen LogP contribution is -2.37. The van der Waals surface area contributed by atoms with Crippen molar-refractivity contribution >= 4 is 17.3 Å². The summed E-state index contributed by atoms with van der Waals surface area (Å²) in [5.74, 6) is 0. The van der Waals surface area contributed by atoms with E-state index >= 15 is 0 Å². The highest BCUT2D eigenvalue weighted by Gasteiger charge is 2.05. The van der Waals surface area contributed by atoms with Crippen molar-refractivity contribution in [1.29, 1.82) is 0 Å². The average molecular weight is 280 g/mol. The van der Waals surface area contributed by atoms with E-state index in [9.17, 15) is 0 Å². The van der Waals surface area contributed by atoms with E-state index in [2.05, 4.69) is 48.7 Å². The zero-order valence-corrected chi connectivity index (χ0v) is 12.8. The average Bonchev–Trinajstić information content (AvgIpc) is 2.39. The maximum absolute atomic E-state index is 5.27. The first-order chi connectivity index (χ1) is 9.13. The maximum Gasteiger partial charge on any atom is 0.166 e. The van der Waals surface area contributed by atoms with Gasteiger partial charge in [-0.2, -0.15) is 0 Å². The Labute approximate surface area is 121 Å². The largest absolute Gasteiger partial charge is 0.382 e. The van der Waals surface area contributed by atoms with Gasteiger partial charge in [0.2, 0.25) is 0 Å². The second kappa shape index (κ2) is 8.88. The molecular weight excluding hydrogens is 256 g/mol. The molecule has 0 aliphatic carbocycles. The lowest BCUT2D eigenvalue weighted by Gasteiger charge is -2.17. The van der Waals surface area contributed by atoms with Crippen LogP contribution in [0.25, 0.3) is 0 Å². The molecule has 1 aromatic carbocycles. The molecule has 0 heterocycles. The SMILES string of the molecule is CCOCCCNC(=S)NC(C)c1ccc(C)cc1. The van der Waals surface area contributed by atoms with E-state index < -0.39 is 0 Å². The van der Waals surface area contributed by atoms with Crippen LogP contribution in [-0.2, 0) is 4.74 Å². The Morgan fingerprint density at radius 3 is 2.63 bits per heavy atom. The van der Waals surface area contributed by atoms with Crippen molar-refractivity contribution in [3.63, 3.8) is 0 Å². The highest BCUT2D eigenvalue weighted by molar-refractivity contribution is 7.80. The molecule has 0 radical (unpaired) electrons. The molecule has 106 valence electrons. The van der Waals surface area contributed by atoms with Gasteiger partial charge in [0, 0.05) is 19.8 Å². The Balaban J connectivity index is 2.26. The Bertz CT molecular complexity index is 378. The Morgan fingerprint density at radius 1 is 1.32 bits per heavy atom. The number of benzene rings is 1. The molecule has 0 fully saturated rings. The summed E-state index contributed by atoms with van der Waals surface area (Å²) in [5.41, 5.74) is 2.51. The lowest BCUT2D eigenvalue weighted by atomic mass is 10.1. The molecule has 1 unspecified atom stereocenters. The predicted molar refractivity (Wildman–Crippen MR) is 84.4 cm³/mol. The molecule has 4 heteroatoms. The first-order valence-corrected chi connectivity index (χ1v) is 7.23. The van der Waals surface area contributed by atoms with Gasteiger partial charge in [-0.25, -0.2) is 0 Å². The number of aryl methyl sites for hydroxylation is 1. The highest BCUT2D eigenvalue weighted by Crippen LogP contribution is 2.12. The van der Waals surface area contributed by atoms with E-state index in [0.717, 1.165) is 26.2 Å². The summed E-state index contributed by atoms with van der Waals surface area (Å²) in [6.07, 6.45) is 0.967. The van der Waals surface area contributed by atoms with Crippen molar-refractivity contribution in [2.45, 2.75) is 33.2 Å². The first-order valence-electron chi connectivity index (χ1n) is 6.82. The molecule has 0 saturated heterocycles. The van der Waals surface area contributed by atoms with Crippen LogP contribution in [0, 0.1) is 6.92 Å². The van der Waals surface area contributed by atoms with Crippen LogP contribution in [0.4, 0.5) is 0 Å². The van der Waals surface area contributed by atoms with Crippen molar-refractivity contribution in [3.8, 4) is 0 Å². The maximum atomic E-state index is 5.27. The Hall–Kier alpha value is -1.13. The first kappa shape index (κ1) is 15.9. The van der Waals surface area contributed by atoms with Crippen LogP contribution in [-0.4, -0.2) is 24.9 Å². The summed E-state index contributed by atoms with van der Waals surface area (Å²) in [6.45, 7) is 8.59. The molecule has 3 nitrogen and oxygen atoms in total. The number of ether oxygens (including phenoxy) is 1. The van der Waals surface area contributed by atoms with Gasteiger partial charge in [-0.05, 0) is 45.0 Å². The van der Waals surface area contributed by atoms with Crippen molar-refractivity contribution in [2.24, 2.45) is 0 Å². The number of hydrogen-bond acceptors (Lipinski definition) is 2. The summed E-state index contributed by atoms with van der Waals surface area (Å²) >= 11 is 5.27. The van der Waals surface area contributed by atoms with E-state index in [4.69, 9.17) is 17.0 Å². The topological polar surface area (TPSA) is 33.3 Å². The third-order valence-electron chi connectivity index (χ3n) is 2.88. The van der Waals surface area contributed by atoms with Gasteiger partial charge >= 0.3 is 0 Å². The molecule has 2 N–H and O–H groups in total. The van der Waals surface area contributed by atoms with Gasteiger partial charge < -0.3 is 15.4 Å². The number of hydrogen-bond donors (Lipinski definition) is 2. The molecule has 19 heavy (non-hydrogen) atoms. The normalized spacial score (nSPS) is 11.9. The van der Waals surface area contributed by atoms with Gasteiger partial charge in [0.25, 0.3) is 0 Å². The Kier molecular flexibility index (Phi) is 7.45. The third kappa shape index (κ3) is 6.55. The van der Waals surface area contributed by atoms with E-state index in [0.29, 0.717) is 5.11 Å². The molecule has 0 aliphatic rings. The fourth-order valence-electron chi connectivity index (χ4n) is 1.71. The van der Waals surface area contributed by atoms with Gasteiger partial charge in [0.1, 0.15) is 0 Å².